The lowest BCUT2D eigenvalue weighted by atomic mass is 10.0. The van der Waals surface area contributed by atoms with Crippen LogP contribution in [0.15, 0.2) is 0 Å². The predicted molar refractivity (Wildman–Crippen MR) is 210 cm³/mol. The van der Waals surface area contributed by atoms with Gasteiger partial charge >= 0.3 is 0 Å². The largest absolute Gasteiger partial charge is 0.376 e. The summed E-state index contributed by atoms with van der Waals surface area (Å²) in [5.41, 5.74) is -1.52. The van der Waals surface area contributed by atoms with Crippen molar-refractivity contribution in [2.24, 2.45) is 0 Å². The molecule has 53 heavy (non-hydrogen) atoms. The van der Waals surface area contributed by atoms with Crippen molar-refractivity contribution in [1.82, 2.24) is 0 Å². The second-order valence-electron chi connectivity index (χ2n) is 18.4. The maximum absolute atomic E-state index is 6.70. The van der Waals surface area contributed by atoms with Crippen molar-refractivity contribution in [2.75, 3.05) is 92.5 Å². The summed E-state index contributed by atoms with van der Waals surface area (Å²) in [6, 6.07) is 0. The second-order valence-corrected chi connectivity index (χ2v) is 18.4. The zero-order valence-electron chi connectivity index (χ0n) is 37.2. The van der Waals surface area contributed by atoms with Gasteiger partial charge in [0.2, 0.25) is 0 Å². The molecule has 0 aliphatic heterocycles. The van der Waals surface area contributed by atoms with Crippen LogP contribution in [0.3, 0.4) is 0 Å². The lowest BCUT2D eigenvalue weighted by molar-refractivity contribution is -0.211. The summed E-state index contributed by atoms with van der Waals surface area (Å²) < 4.78 is 74.7. The van der Waals surface area contributed by atoms with Gasteiger partial charge in [-0.2, -0.15) is 0 Å². The molecule has 12 heteroatoms. The maximum atomic E-state index is 6.70. The molecular formula is C41H84O12. The molecule has 0 aromatic carbocycles. The van der Waals surface area contributed by atoms with Gasteiger partial charge in [0.25, 0.3) is 0 Å². The molecular weight excluding hydrogens is 684 g/mol. The lowest BCUT2D eigenvalue weighted by Gasteiger charge is -2.38. The van der Waals surface area contributed by atoms with Gasteiger partial charge in [-0.25, -0.2) is 0 Å². The fourth-order valence-corrected chi connectivity index (χ4v) is 4.61. The number of rotatable bonds is 30. The molecule has 4 unspecified atom stereocenters. The van der Waals surface area contributed by atoms with Crippen molar-refractivity contribution in [1.29, 1.82) is 0 Å². The van der Waals surface area contributed by atoms with Crippen LogP contribution in [0.1, 0.15) is 118 Å². The summed E-state index contributed by atoms with van der Waals surface area (Å²) in [6.45, 7) is 39.1. The topological polar surface area (TPSA) is 111 Å². The SMILES string of the molecule is CC(C)OCCOC(C(COCCOC(C)(C)C)OCCOC(C)(C)C)C(OCCOC(C)(C)C)C(COCCOC(C)(C)C)OCCOC(C)(C)C. The average Bonchev–Trinajstić information content (AvgIpc) is 2.97. The van der Waals surface area contributed by atoms with Gasteiger partial charge in [0, 0.05) is 0 Å². The fraction of sp³-hybridized carbons (Fsp3) is 1.00. The fourth-order valence-electron chi connectivity index (χ4n) is 4.61. The van der Waals surface area contributed by atoms with Gasteiger partial charge in [-0.1, -0.05) is 0 Å². The van der Waals surface area contributed by atoms with Crippen LogP contribution in [0.2, 0.25) is 0 Å². The van der Waals surface area contributed by atoms with Crippen molar-refractivity contribution in [3.8, 4) is 0 Å². The van der Waals surface area contributed by atoms with Gasteiger partial charge in [-0.15, -0.1) is 0 Å². The van der Waals surface area contributed by atoms with Crippen LogP contribution in [-0.2, 0) is 56.8 Å². The van der Waals surface area contributed by atoms with Crippen LogP contribution in [-0.4, -0.2) is 151 Å². The molecule has 0 fully saturated rings. The van der Waals surface area contributed by atoms with Crippen LogP contribution in [0.4, 0.5) is 0 Å². The summed E-state index contributed by atoms with van der Waals surface area (Å²) >= 11 is 0. The number of hydrogen-bond donors (Lipinski definition) is 0. The third-order valence-corrected chi connectivity index (χ3v) is 6.82. The molecule has 320 valence electrons. The Morgan fingerprint density at radius 2 is 0.547 bits per heavy atom. The normalized spacial score (nSPS) is 16.0. The molecule has 0 saturated carbocycles. The van der Waals surface area contributed by atoms with E-state index in [1.54, 1.807) is 0 Å². The van der Waals surface area contributed by atoms with Crippen molar-refractivity contribution >= 4 is 0 Å². The molecule has 4 atom stereocenters. The van der Waals surface area contributed by atoms with E-state index < -0.39 is 24.4 Å². The van der Waals surface area contributed by atoms with E-state index >= 15 is 0 Å². The van der Waals surface area contributed by atoms with Crippen LogP contribution in [0.25, 0.3) is 0 Å². The first kappa shape index (κ1) is 52.5. The van der Waals surface area contributed by atoms with Gasteiger partial charge in [0.05, 0.1) is 127 Å². The molecule has 0 N–H and O–H groups in total. The Hall–Kier alpha value is -0.480. The summed E-state index contributed by atoms with van der Waals surface area (Å²) in [7, 11) is 0. The number of ether oxygens (including phenoxy) is 12. The summed E-state index contributed by atoms with van der Waals surface area (Å²) in [6.07, 6.45) is -2.39. The third kappa shape index (κ3) is 34.5. The van der Waals surface area contributed by atoms with Crippen molar-refractivity contribution < 1.29 is 56.8 Å². The molecule has 0 spiro atoms. The molecule has 0 amide bonds. The highest BCUT2D eigenvalue weighted by Crippen LogP contribution is 2.21. The molecule has 0 rings (SSSR count). The van der Waals surface area contributed by atoms with E-state index in [1.165, 1.54) is 0 Å². The Balaban J connectivity index is 6.64. The van der Waals surface area contributed by atoms with Crippen LogP contribution < -0.4 is 0 Å². The van der Waals surface area contributed by atoms with E-state index in [0.717, 1.165) is 0 Å². The molecule has 0 aliphatic rings. The van der Waals surface area contributed by atoms with Crippen LogP contribution in [0, 0.1) is 0 Å². The average molecular weight is 769 g/mol. The van der Waals surface area contributed by atoms with Gasteiger partial charge < -0.3 is 56.8 Å². The highest BCUT2D eigenvalue weighted by molar-refractivity contribution is 4.87. The first-order chi connectivity index (χ1) is 24.3. The maximum Gasteiger partial charge on any atom is 0.115 e. The minimum absolute atomic E-state index is 0.0500. The first-order valence-corrected chi connectivity index (χ1v) is 19.7. The van der Waals surface area contributed by atoms with E-state index in [2.05, 4.69) is 0 Å². The van der Waals surface area contributed by atoms with Crippen LogP contribution >= 0.6 is 0 Å². The molecule has 0 saturated heterocycles. The quantitative estimate of drug-likeness (QED) is 0.0698. The minimum atomic E-state index is -0.654. The number of hydrogen-bond acceptors (Lipinski definition) is 12. The minimum Gasteiger partial charge on any atom is -0.376 e. The van der Waals surface area contributed by atoms with Crippen molar-refractivity contribution in [3.63, 3.8) is 0 Å². The Kier molecular flexibility index (Phi) is 26.2. The lowest BCUT2D eigenvalue weighted by Crippen LogP contribution is -2.53. The van der Waals surface area contributed by atoms with E-state index in [1.807, 2.05) is 118 Å². The van der Waals surface area contributed by atoms with Crippen molar-refractivity contribution in [3.05, 3.63) is 0 Å². The highest BCUT2D eigenvalue weighted by atomic mass is 16.6. The Morgan fingerprint density at radius 1 is 0.302 bits per heavy atom. The van der Waals surface area contributed by atoms with Gasteiger partial charge in [0.15, 0.2) is 0 Å². The standard InChI is InChI=1S/C41H84O12/c1-32(2)44-20-21-47-35(33(45-22-27-51-39(9,10)11)30-42-18-25-49-37(3,4)5)36(48-24-29-53-41(15,16)17)34(46-23-28-52-40(12,13)14)31-43-19-26-50-38(6,7)8/h32-36H,18-31H2,1-17H3. The van der Waals surface area contributed by atoms with Gasteiger partial charge in [-0.3, -0.25) is 0 Å². The molecule has 0 aromatic heterocycles. The Morgan fingerprint density at radius 3 is 0.830 bits per heavy atom. The van der Waals surface area contributed by atoms with Crippen LogP contribution in [0.5, 0.6) is 0 Å². The summed E-state index contributed by atoms with van der Waals surface area (Å²) in [5, 5.41) is 0. The van der Waals surface area contributed by atoms with E-state index in [-0.39, 0.29) is 53.9 Å². The predicted octanol–water partition coefficient (Wildman–Crippen LogP) is 7.06. The monoisotopic (exact) mass is 769 g/mol. The Bertz CT molecular complexity index is 865. The zero-order chi connectivity index (χ0) is 40.8. The van der Waals surface area contributed by atoms with E-state index in [0.29, 0.717) is 72.7 Å². The molecule has 0 aliphatic carbocycles. The second kappa shape index (κ2) is 26.4. The first-order valence-electron chi connectivity index (χ1n) is 19.7. The molecule has 0 bridgehead atoms. The molecule has 0 aromatic rings. The molecule has 12 nitrogen and oxygen atoms in total. The van der Waals surface area contributed by atoms with Gasteiger partial charge in [-0.05, 0) is 118 Å². The van der Waals surface area contributed by atoms with E-state index in [9.17, 15) is 0 Å². The third-order valence-electron chi connectivity index (χ3n) is 6.82. The zero-order valence-corrected chi connectivity index (χ0v) is 37.2. The molecule has 0 radical (unpaired) electrons. The molecule has 0 heterocycles. The van der Waals surface area contributed by atoms with Crippen molar-refractivity contribution in [2.45, 2.75) is 176 Å². The summed E-state index contributed by atoms with van der Waals surface area (Å²) in [5.74, 6) is 0. The van der Waals surface area contributed by atoms with E-state index in [4.69, 9.17) is 56.8 Å². The van der Waals surface area contributed by atoms with Gasteiger partial charge in [0.1, 0.15) is 24.4 Å². The smallest absolute Gasteiger partial charge is 0.115 e. The highest BCUT2D eigenvalue weighted by Gasteiger charge is 2.39. The Labute approximate surface area is 325 Å². The summed E-state index contributed by atoms with van der Waals surface area (Å²) in [4.78, 5) is 0.